The summed E-state index contributed by atoms with van der Waals surface area (Å²) in [5.41, 5.74) is 1.25. The normalized spacial score (nSPS) is 13.8. The molecule has 0 heterocycles. The molecule has 0 aliphatic rings. The van der Waals surface area contributed by atoms with E-state index in [0.717, 1.165) is 23.7 Å². The van der Waals surface area contributed by atoms with Gasteiger partial charge in [0.05, 0.1) is 14.2 Å². The summed E-state index contributed by atoms with van der Waals surface area (Å²) in [5, 5.41) is 3.69. The van der Waals surface area contributed by atoms with Crippen molar-refractivity contribution >= 4 is 11.8 Å². The summed E-state index contributed by atoms with van der Waals surface area (Å²) < 4.78 is 10.7. The molecule has 0 aromatic heterocycles. The van der Waals surface area contributed by atoms with E-state index < -0.39 is 0 Å². The lowest BCUT2D eigenvalue weighted by atomic mass is 10.0. The van der Waals surface area contributed by atoms with Crippen LogP contribution in [0.5, 0.6) is 11.5 Å². The lowest BCUT2D eigenvalue weighted by molar-refractivity contribution is 0.353. The van der Waals surface area contributed by atoms with Crippen LogP contribution in [0.4, 0.5) is 0 Å². The Hall–Kier alpha value is -0.870. The molecule has 0 radical (unpaired) electrons. The van der Waals surface area contributed by atoms with Gasteiger partial charge in [-0.15, -0.1) is 0 Å². The zero-order chi connectivity index (χ0) is 15.0. The van der Waals surface area contributed by atoms with Crippen LogP contribution in [0.2, 0.25) is 0 Å². The molecular formula is C16H27NO2S. The van der Waals surface area contributed by atoms with E-state index in [1.54, 1.807) is 14.2 Å². The summed E-state index contributed by atoms with van der Waals surface area (Å²) in [4.78, 5) is 0. The van der Waals surface area contributed by atoms with E-state index in [-0.39, 0.29) is 0 Å². The maximum absolute atomic E-state index is 5.38. The van der Waals surface area contributed by atoms with Crippen LogP contribution in [-0.4, -0.2) is 31.8 Å². The minimum atomic E-state index is 0.349. The van der Waals surface area contributed by atoms with Crippen molar-refractivity contribution in [2.75, 3.05) is 25.7 Å². The molecule has 0 amide bonds. The van der Waals surface area contributed by atoms with Crippen LogP contribution in [-0.2, 0) is 0 Å². The Bertz CT molecular complexity index is 398. The number of nitrogens with one attached hydrogen (secondary N) is 1. The van der Waals surface area contributed by atoms with Gasteiger partial charge in [-0.05, 0) is 36.8 Å². The molecule has 1 N–H and O–H groups in total. The first kappa shape index (κ1) is 17.2. The van der Waals surface area contributed by atoms with Crippen LogP contribution in [0, 0.1) is 0 Å². The molecule has 0 fully saturated rings. The first-order chi connectivity index (χ1) is 9.65. The Morgan fingerprint density at radius 1 is 1.15 bits per heavy atom. The van der Waals surface area contributed by atoms with Gasteiger partial charge < -0.3 is 14.8 Å². The van der Waals surface area contributed by atoms with Gasteiger partial charge in [0.2, 0.25) is 0 Å². The summed E-state index contributed by atoms with van der Waals surface area (Å²) in [7, 11) is 3.34. The number of ether oxygens (including phenoxy) is 2. The number of rotatable bonds is 9. The first-order valence-electron chi connectivity index (χ1n) is 7.21. The molecule has 0 aliphatic heterocycles. The SMILES string of the molecule is CCSCC(C)NC(CC)c1ccc(OC)c(OC)c1. The third-order valence-electron chi connectivity index (χ3n) is 3.28. The van der Waals surface area contributed by atoms with Crippen molar-refractivity contribution in [3.05, 3.63) is 23.8 Å². The van der Waals surface area contributed by atoms with E-state index in [1.165, 1.54) is 11.3 Å². The van der Waals surface area contributed by atoms with E-state index in [9.17, 15) is 0 Å². The van der Waals surface area contributed by atoms with Crippen LogP contribution < -0.4 is 14.8 Å². The molecule has 1 rings (SSSR count). The molecule has 0 spiro atoms. The van der Waals surface area contributed by atoms with Gasteiger partial charge >= 0.3 is 0 Å². The average molecular weight is 297 g/mol. The molecule has 2 atom stereocenters. The zero-order valence-corrected chi connectivity index (χ0v) is 14.0. The van der Waals surface area contributed by atoms with Gasteiger partial charge in [0.1, 0.15) is 0 Å². The number of benzene rings is 1. The van der Waals surface area contributed by atoms with Crippen molar-refractivity contribution in [3.63, 3.8) is 0 Å². The van der Waals surface area contributed by atoms with Crippen molar-refractivity contribution in [1.82, 2.24) is 5.32 Å². The predicted octanol–water partition coefficient (Wildman–Crippen LogP) is 3.89. The number of methoxy groups -OCH3 is 2. The standard InChI is InChI=1S/C16H27NO2S/c1-6-14(17-12(3)11-20-7-2)13-8-9-15(18-4)16(10-13)19-5/h8-10,12,14,17H,6-7,11H2,1-5H3. The van der Waals surface area contributed by atoms with E-state index in [0.29, 0.717) is 12.1 Å². The molecule has 0 saturated carbocycles. The molecule has 0 aliphatic carbocycles. The van der Waals surface area contributed by atoms with Gasteiger partial charge in [0.25, 0.3) is 0 Å². The third kappa shape index (κ3) is 4.91. The molecule has 0 bridgehead atoms. The topological polar surface area (TPSA) is 30.5 Å². The molecule has 0 saturated heterocycles. The Morgan fingerprint density at radius 2 is 1.85 bits per heavy atom. The second kappa shape index (κ2) is 9.14. The Labute approximate surface area is 127 Å². The van der Waals surface area contributed by atoms with Crippen LogP contribution in [0.3, 0.4) is 0 Å². The van der Waals surface area contributed by atoms with Crippen molar-refractivity contribution in [2.45, 2.75) is 39.3 Å². The van der Waals surface area contributed by atoms with Gasteiger partial charge in [0.15, 0.2) is 11.5 Å². The summed E-state index contributed by atoms with van der Waals surface area (Å²) >= 11 is 1.97. The van der Waals surface area contributed by atoms with Crippen LogP contribution >= 0.6 is 11.8 Å². The van der Waals surface area contributed by atoms with Crippen molar-refractivity contribution < 1.29 is 9.47 Å². The highest BCUT2D eigenvalue weighted by atomic mass is 32.2. The van der Waals surface area contributed by atoms with E-state index in [1.807, 2.05) is 17.8 Å². The lowest BCUT2D eigenvalue weighted by Crippen LogP contribution is -2.32. The molecule has 20 heavy (non-hydrogen) atoms. The number of thioether (sulfide) groups is 1. The fourth-order valence-corrected chi connectivity index (χ4v) is 2.89. The summed E-state index contributed by atoms with van der Waals surface area (Å²) in [5.74, 6) is 3.88. The summed E-state index contributed by atoms with van der Waals surface area (Å²) in [6.45, 7) is 6.64. The van der Waals surface area contributed by atoms with E-state index in [4.69, 9.17) is 9.47 Å². The van der Waals surface area contributed by atoms with Gasteiger partial charge in [0, 0.05) is 17.8 Å². The van der Waals surface area contributed by atoms with E-state index >= 15 is 0 Å². The zero-order valence-electron chi connectivity index (χ0n) is 13.2. The minimum Gasteiger partial charge on any atom is -0.493 e. The van der Waals surface area contributed by atoms with Gasteiger partial charge in [-0.1, -0.05) is 19.9 Å². The van der Waals surface area contributed by atoms with Crippen LogP contribution in [0.1, 0.15) is 38.8 Å². The highest BCUT2D eigenvalue weighted by molar-refractivity contribution is 7.99. The monoisotopic (exact) mass is 297 g/mol. The fraction of sp³-hybridized carbons (Fsp3) is 0.625. The summed E-state index contributed by atoms with van der Waals surface area (Å²) in [6, 6.07) is 7.01. The van der Waals surface area contributed by atoms with Crippen molar-refractivity contribution in [3.8, 4) is 11.5 Å². The largest absolute Gasteiger partial charge is 0.493 e. The van der Waals surface area contributed by atoms with Crippen LogP contribution in [0.25, 0.3) is 0 Å². The summed E-state index contributed by atoms with van der Waals surface area (Å²) in [6.07, 6.45) is 1.05. The molecule has 114 valence electrons. The maximum Gasteiger partial charge on any atom is 0.161 e. The number of hydrogen-bond acceptors (Lipinski definition) is 4. The van der Waals surface area contributed by atoms with Crippen molar-refractivity contribution in [1.29, 1.82) is 0 Å². The fourth-order valence-electron chi connectivity index (χ4n) is 2.21. The Morgan fingerprint density at radius 3 is 2.40 bits per heavy atom. The highest BCUT2D eigenvalue weighted by Gasteiger charge is 2.14. The molecular weight excluding hydrogens is 270 g/mol. The molecule has 3 nitrogen and oxygen atoms in total. The number of hydrogen-bond donors (Lipinski definition) is 1. The second-order valence-corrected chi connectivity index (χ2v) is 6.12. The Balaban J connectivity index is 2.78. The molecule has 1 aromatic rings. The predicted molar refractivity (Wildman–Crippen MR) is 88.2 cm³/mol. The average Bonchev–Trinajstić information content (AvgIpc) is 2.49. The van der Waals surface area contributed by atoms with Gasteiger partial charge in [-0.25, -0.2) is 0 Å². The maximum atomic E-state index is 5.38. The smallest absolute Gasteiger partial charge is 0.161 e. The van der Waals surface area contributed by atoms with E-state index in [2.05, 4.69) is 38.2 Å². The van der Waals surface area contributed by atoms with Crippen molar-refractivity contribution in [2.24, 2.45) is 0 Å². The first-order valence-corrected chi connectivity index (χ1v) is 8.37. The Kier molecular flexibility index (Phi) is 7.85. The molecule has 2 unspecified atom stereocenters. The lowest BCUT2D eigenvalue weighted by Gasteiger charge is -2.23. The van der Waals surface area contributed by atoms with Gasteiger partial charge in [-0.2, -0.15) is 11.8 Å². The van der Waals surface area contributed by atoms with Crippen LogP contribution in [0.15, 0.2) is 18.2 Å². The second-order valence-electron chi connectivity index (χ2n) is 4.80. The minimum absolute atomic E-state index is 0.349. The molecule has 1 aromatic carbocycles. The highest BCUT2D eigenvalue weighted by Crippen LogP contribution is 2.31. The quantitative estimate of drug-likeness (QED) is 0.749. The molecule has 4 heteroatoms. The third-order valence-corrected chi connectivity index (χ3v) is 4.42. The van der Waals surface area contributed by atoms with Gasteiger partial charge in [-0.3, -0.25) is 0 Å².